The van der Waals surface area contributed by atoms with Crippen molar-refractivity contribution < 1.29 is 13.9 Å². The molecule has 0 saturated heterocycles. The van der Waals surface area contributed by atoms with Crippen LogP contribution < -0.4 is 10.1 Å². The fourth-order valence-corrected chi connectivity index (χ4v) is 4.14. The molecule has 1 amide bonds. The van der Waals surface area contributed by atoms with E-state index < -0.39 is 5.82 Å². The van der Waals surface area contributed by atoms with Gasteiger partial charge in [0.25, 0.3) is 0 Å². The second kappa shape index (κ2) is 10.2. The van der Waals surface area contributed by atoms with Crippen LogP contribution in [-0.4, -0.2) is 26.4 Å². The number of benzene rings is 2. The first kappa shape index (κ1) is 23.1. The zero-order chi connectivity index (χ0) is 22.5. The lowest BCUT2D eigenvalue weighted by Gasteiger charge is -2.15. The van der Waals surface area contributed by atoms with E-state index in [4.69, 9.17) is 16.3 Å². The van der Waals surface area contributed by atoms with Gasteiger partial charge in [-0.05, 0) is 57.0 Å². The number of halogens is 2. The van der Waals surface area contributed by atoms with Crippen molar-refractivity contribution in [3.8, 4) is 5.75 Å². The highest BCUT2D eigenvalue weighted by Gasteiger charge is 2.18. The van der Waals surface area contributed by atoms with E-state index in [1.807, 2.05) is 50.5 Å². The number of nitrogens with zero attached hydrogens (tertiary/aromatic N) is 3. The zero-order valence-electron chi connectivity index (χ0n) is 17.8. The van der Waals surface area contributed by atoms with Gasteiger partial charge in [0.15, 0.2) is 11.0 Å². The van der Waals surface area contributed by atoms with E-state index in [0.717, 1.165) is 22.9 Å². The Morgan fingerprint density at radius 2 is 1.94 bits per heavy atom. The van der Waals surface area contributed by atoms with Gasteiger partial charge in [0.1, 0.15) is 18.2 Å². The highest BCUT2D eigenvalue weighted by atomic mass is 35.5. The van der Waals surface area contributed by atoms with Gasteiger partial charge in [-0.1, -0.05) is 41.6 Å². The van der Waals surface area contributed by atoms with Gasteiger partial charge in [0.05, 0.1) is 11.4 Å². The Labute approximate surface area is 190 Å². The summed E-state index contributed by atoms with van der Waals surface area (Å²) >= 11 is 6.97. The number of thioether (sulfide) groups is 1. The minimum Gasteiger partial charge on any atom is -0.485 e. The highest BCUT2D eigenvalue weighted by Crippen LogP contribution is 2.26. The molecule has 31 heavy (non-hydrogen) atoms. The number of aryl methyl sites for hydroxylation is 2. The summed E-state index contributed by atoms with van der Waals surface area (Å²) in [4.78, 5) is 12.3. The van der Waals surface area contributed by atoms with Crippen molar-refractivity contribution in [3.05, 3.63) is 64.2 Å². The second-order valence-corrected chi connectivity index (χ2v) is 8.71. The molecule has 164 valence electrons. The first-order valence-corrected chi connectivity index (χ1v) is 11.1. The van der Waals surface area contributed by atoms with Crippen LogP contribution >= 0.6 is 23.4 Å². The molecule has 0 spiro atoms. The fourth-order valence-electron chi connectivity index (χ4n) is 3.09. The lowest BCUT2D eigenvalue weighted by atomic mass is 10.1. The average Bonchev–Trinajstić information content (AvgIpc) is 3.11. The molecule has 2 aromatic carbocycles. The van der Waals surface area contributed by atoms with Crippen molar-refractivity contribution >= 4 is 35.0 Å². The summed E-state index contributed by atoms with van der Waals surface area (Å²) in [5.74, 6) is 0.633. The third kappa shape index (κ3) is 5.77. The number of carbonyl (C=O) groups is 1. The molecule has 9 heteroatoms. The Hall–Kier alpha value is -2.58. The van der Waals surface area contributed by atoms with Crippen molar-refractivity contribution in [2.45, 2.75) is 45.5 Å². The van der Waals surface area contributed by atoms with Crippen LogP contribution in [0.4, 0.5) is 10.1 Å². The summed E-state index contributed by atoms with van der Waals surface area (Å²) in [6.07, 6.45) is 0. The number of hydrogen-bond donors (Lipinski definition) is 1. The molecule has 0 bridgehead atoms. The van der Waals surface area contributed by atoms with Crippen LogP contribution in [-0.2, 0) is 11.4 Å². The summed E-state index contributed by atoms with van der Waals surface area (Å²) in [7, 11) is 0. The number of hydrogen-bond acceptors (Lipinski definition) is 5. The zero-order valence-corrected chi connectivity index (χ0v) is 19.4. The van der Waals surface area contributed by atoms with Gasteiger partial charge >= 0.3 is 0 Å². The molecule has 0 radical (unpaired) electrons. The second-order valence-electron chi connectivity index (χ2n) is 7.33. The van der Waals surface area contributed by atoms with Crippen LogP contribution in [0.25, 0.3) is 0 Å². The SMILES string of the molecule is Cc1cccc(C)c1OCc1nnc(SCC(=O)Nc2ccc(Cl)cc2F)n1C(C)C. The Balaban J connectivity index is 1.66. The maximum atomic E-state index is 13.9. The van der Waals surface area contributed by atoms with Crippen molar-refractivity contribution in [2.75, 3.05) is 11.1 Å². The van der Waals surface area contributed by atoms with Crippen molar-refractivity contribution in [1.82, 2.24) is 14.8 Å². The predicted molar refractivity (Wildman–Crippen MR) is 121 cm³/mol. The van der Waals surface area contributed by atoms with Gasteiger partial charge in [-0.2, -0.15) is 0 Å². The first-order valence-electron chi connectivity index (χ1n) is 9.76. The molecule has 0 saturated carbocycles. The molecule has 0 aliphatic heterocycles. The van der Waals surface area contributed by atoms with Gasteiger partial charge < -0.3 is 14.6 Å². The predicted octanol–water partition coefficient (Wildman–Crippen LogP) is 5.58. The van der Waals surface area contributed by atoms with Gasteiger partial charge in [-0.25, -0.2) is 4.39 Å². The smallest absolute Gasteiger partial charge is 0.234 e. The molecule has 1 aromatic heterocycles. The quantitative estimate of drug-likeness (QED) is 0.442. The average molecular weight is 463 g/mol. The van der Waals surface area contributed by atoms with Gasteiger partial charge in [-0.15, -0.1) is 10.2 Å². The largest absolute Gasteiger partial charge is 0.485 e. The topological polar surface area (TPSA) is 69.0 Å². The summed E-state index contributed by atoms with van der Waals surface area (Å²) in [6.45, 7) is 8.29. The third-order valence-electron chi connectivity index (χ3n) is 4.54. The maximum Gasteiger partial charge on any atom is 0.234 e. The summed E-state index contributed by atoms with van der Waals surface area (Å²) in [5.41, 5.74) is 2.19. The molecule has 1 N–H and O–H groups in total. The Bertz CT molecular complexity index is 1070. The Morgan fingerprint density at radius 1 is 1.23 bits per heavy atom. The lowest BCUT2D eigenvalue weighted by molar-refractivity contribution is -0.113. The normalized spacial score (nSPS) is 11.1. The molecule has 1 heterocycles. The van der Waals surface area contributed by atoms with E-state index in [2.05, 4.69) is 15.5 Å². The maximum absolute atomic E-state index is 13.9. The van der Waals surface area contributed by atoms with E-state index >= 15 is 0 Å². The minimum absolute atomic E-state index is 0.0602. The molecular formula is C22H24ClFN4O2S. The van der Waals surface area contributed by atoms with Gasteiger partial charge in [-0.3, -0.25) is 4.79 Å². The number of anilines is 1. The van der Waals surface area contributed by atoms with Gasteiger partial charge in [0, 0.05) is 11.1 Å². The van der Waals surface area contributed by atoms with Crippen LogP contribution in [0.15, 0.2) is 41.6 Å². The van der Waals surface area contributed by atoms with Crippen LogP contribution in [0.2, 0.25) is 5.02 Å². The fraction of sp³-hybridized carbons (Fsp3) is 0.318. The Morgan fingerprint density at radius 3 is 2.58 bits per heavy atom. The molecule has 3 rings (SSSR count). The molecular weight excluding hydrogens is 439 g/mol. The monoisotopic (exact) mass is 462 g/mol. The van der Waals surface area contributed by atoms with Crippen molar-refractivity contribution in [2.24, 2.45) is 0 Å². The number of ether oxygens (including phenoxy) is 1. The summed E-state index contributed by atoms with van der Waals surface area (Å²) < 4.78 is 21.8. The van der Waals surface area contributed by atoms with Crippen LogP contribution in [0.5, 0.6) is 5.75 Å². The molecule has 0 aliphatic carbocycles. The standard InChI is InChI=1S/C22H24ClFN4O2S/c1-13(2)28-19(11-30-21-14(3)6-5-7-15(21)4)26-27-22(28)31-12-20(29)25-18-9-8-16(23)10-17(18)24/h5-10,13H,11-12H2,1-4H3,(H,25,29). The van der Waals surface area contributed by atoms with Crippen LogP contribution in [0, 0.1) is 19.7 Å². The van der Waals surface area contributed by atoms with E-state index in [0.29, 0.717) is 11.0 Å². The van der Waals surface area contributed by atoms with E-state index in [-0.39, 0.29) is 35.0 Å². The molecule has 3 aromatic rings. The number of aromatic nitrogens is 3. The summed E-state index contributed by atoms with van der Waals surface area (Å²) in [6, 6.07) is 10.2. The number of carbonyl (C=O) groups excluding carboxylic acids is 1. The van der Waals surface area contributed by atoms with E-state index in [1.54, 1.807) is 0 Å². The summed E-state index contributed by atoms with van der Waals surface area (Å²) in [5, 5.41) is 11.9. The van der Waals surface area contributed by atoms with Crippen molar-refractivity contribution in [1.29, 1.82) is 0 Å². The number of nitrogens with one attached hydrogen (secondary N) is 1. The number of para-hydroxylation sites is 1. The molecule has 6 nitrogen and oxygen atoms in total. The van der Waals surface area contributed by atoms with Crippen LogP contribution in [0.1, 0.15) is 36.8 Å². The van der Waals surface area contributed by atoms with E-state index in [9.17, 15) is 9.18 Å². The molecule has 0 fully saturated rings. The molecule has 0 unspecified atom stereocenters. The third-order valence-corrected chi connectivity index (χ3v) is 5.72. The number of amides is 1. The van der Waals surface area contributed by atoms with Gasteiger partial charge in [0.2, 0.25) is 5.91 Å². The Kier molecular flexibility index (Phi) is 7.56. The highest BCUT2D eigenvalue weighted by molar-refractivity contribution is 7.99. The number of rotatable bonds is 8. The van der Waals surface area contributed by atoms with E-state index in [1.165, 1.54) is 23.9 Å². The first-order chi connectivity index (χ1) is 14.8. The lowest BCUT2D eigenvalue weighted by Crippen LogP contribution is -2.16. The van der Waals surface area contributed by atoms with Crippen molar-refractivity contribution in [3.63, 3.8) is 0 Å². The van der Waals surface area contributed by atoms with Crippen LogP contribution in [0.3, 0.4) is 0 Å². The minimum atomic E-state index is -0.581. The molecule has 0 aliphatic rings. The molecule has 0 atom stereocenters.